The lowest BCUT2D eigenvalue weighted by molar-refractivity contribution is -0.139. The van der Waals surface area contributed by atoms with Gasteiger partial charge in [0.1, 0.15) is 0 Å². The summed E-state index contributed by atoms with van der Waals surface area (Å²) >= 11 is 0. The third-order valence-electron chi connectivity index (χ3n) is 5.86. The molecule has 170 valence electrons. The number of halogens is 6. The molecule has 2 atom stereocenters. The van der Waals surface area contributed by atoms with Crippen LogP contribution in [0.2, 0.25) is 0 Å². The SMILES string of the molecule is CN1CC(=Cc2ccccc2C(F)(F)F)C2=NN(C)C(c3ccccc3C(F)(F)F)C2C1. The standard InChI is InChI=1S/C23H21F6N3/c1-31-12-15(11-14-7-3-5-9-18(14)22(24,25)26)20-17(13-31)21(32(2)30-20)16-8-4-6-10-19(16)23(27,28)29/h3-11,17,21H,12-13H2,1-2H3. The minimum Gasteiger partial charge on any atom is -0.301 e. The van der Waals surface area contributed by atoms with E-state index in [1.807, 2.05) is 4.90 Å². The van der Waals surface area contributed by atoms with Crippen molar-refractivity contribution in [2.24, 2.45) is 11.0 Å². The smallest absolute Gasteiger partial charge is 0.301 e. The van der Waals surface area contributed by atoms with Gasteiger partial charge in [-0.15, -0.1) is 0 Å². The molecule has 2 aliphatic rings. The Bertz CT molecular complexity index is 1070. The highest BCUT2D eigenvalue weighted by molar-refractivity contribution is 6.07. The van der Waals surface area contributed by atoms with Gasteiger partial charge in [0.25, 0.3) is 0 Å². The second-order valence-corrected chi connectivity index (χ2v) is 8.15. The van der Waals surface area contributed by atoms with Gasteiger partial charge in [-0.05, 0) is 42.0 Å². The molecule has 2 unspecified atom stereocenters. The van der Waals surface area contributed by atoms with Crippen LogP contribution in [0.4, 0.5) is 26.3 Å². The van der Waals surface area contributed by atoms with E-state index >= 15 is 0 Å². The van der Waals surface area contributed by atoms with Crippen LogP contribution in [0.15, 0.2) is 59.2 Å². The number of hydrogen-bond donors (Lipinski definition) is 0. The molecule has 0 N–H and O–H groups in total. The maximum atomic E-state index is 13.7. The Kier molecular flexibility index (Phi) is 5.56. The summed E-state index contributed by atoms with van der Waals surface area (Å²) in [6.45, 7) is 0.793. The van der Waals surface area contributed by atoms with Gasteiger partial charge < -0.3 is 4.90 Å². The number of likely N-dealkylation sites (tertiary alicyclic amines) is 1. The molecule has 2 aromatic carbocycles. The van der Waals surface area contributed by atoms with Crippen molar-refractivity contribution >= 4 is 11.8 Å². The van der Waals surface area contributed by atoms with Gasteiger partial charge in [-0.1, -0.05) is 36.4 Å². The quantitative estimate of drug-likeness (QED) is 0.543. The van der Waals surface area contributed by atoms with Gasteiger partial charge in [0.2, 0.25) is 0 Å². The molecule has 0 bridgehead atoms. The number of likely N-dealkylation sites (N-methyl/N-ethyl adjacent to an activating group) is 1. The topological polar surface area (TPSA) is 18.8 Å². The largest absolute Gasteiger partial charge is 0.416 e. The summed E-state index contributed by atoms with van der Waals surface area (Å²) in [4.78, 5) is 1.90. The second-order valence-electron chi connectivity index (χ2n) is 8.15. The molecule has 0 amide bonds. The lowest BCUT2D eigenvalue weighted by Gasteiger charge is -2.34. The first-order valence-electron chi connectivity index (χ1n) is 10.00. The van der Waals surface area contributed by atoms with Crippen molar-refractivity contribution in [2.75, 3.05) is 27.2 Å². The van der Waals surface area contributed by atoms with Gasteiger partial charge in [0.05, 0.1) is 22.9 Å². The second kappa shape index (κ2) is 7.95. The lowest BCUT2D eigenvalue weighted by Crippen LogP contribution is -2.41. The van der Waals surface area contributed by atoms with E-state index in [0.717, 1.165) is 12.1 Å². The highest BCUT2D eigenvalue weighted by atomic mass is 19.4. The van der Waals surface area contributed by atoms with Gasteiger partial charge in [-0.3, -0.25) is 5.01 Å². The number of piperidine rings is 1. The van der Waals surface area contributed by atoms with E-state index in [-0.39, 0.29) is 11.1 Å². The fourth-order valence-corrected chi connectivity index (χ4v) is 4.60. The molecule has 0 spiro atoms. The molecule has 9 heteroatoms. The van der Waals surface area contributed by atoms with Crippen LogP contribution in [-0.2, 0) is 12.4 Å². The summed E-state index contributed by atoms with van der Waals surface area (Å²) in [6.07, 6.45) is -7.59. The maximum absolute atomic E-state index is 13.7. The van der Waals surface area contributed by atoms with Crippen molar-refractivity contribution in [3.63, 3.8) is 0 Å². The average molecular weight is 453 g/mol. The Morgan fingerprint density at radius 3 is 2.12 bits per heavy atom. The third kappa shape index (κ3) is 4.13. The Morgan fingerprint density at radius 2 is 1.47 bits per heavy atom. The number of hydrogen-bond acceptors (Lipinski definition) is 3. The number of alkyl halides is 6. The minimum atomic E-state index is -4.52. The van der Waals surface area contributed by atoms with Crippen molar-refractivity contribution in [2.45, 2.75) is 18.4 Å². The molecule has 32 heavy (non-hydrogen) atoms. The summed E-state index contributed by atoms with van der Waals surface area (Å²) < 4.78 is 81.4. The average Bonchev–Trinajstić information content (AvgIpc) is 3.02. The normalized spacial score (nSPS) is 23.4. The lowest BCUT2D eigenvalue weighted by atomic mass is 9.82. The number of fused-ring (bicyclic) bond motifs is 1. The Labute approximate surface area is 181 Å². The van der Waals surface area contributed by atoms with E-state index in [9.17, 15) is 26.3 Å². The highest BCUT2D eigenvalue weighted by Crippen LogP contribution is 2.44. The molecule has 2 aliphatic heterocycles. The monoisotopic (exact) mass is 453 g/mol. The molecule has 0 saturated carbocycles. The summed E-state index contributed by atoms with van der Waals surface area (Å²) in [7, 11) is 3.40. The minimum absolute atomic E-state index is 0.00791. The van der Waals surface area contributed by atoms with E-state index in [1.54, 1.807) is 20.2 Å². The fourth-order valence-electron chi connectivity index (χ4n) is 4.60. The van der Waals surface area contributed by atoms with Crippen LogP contribution in [0.3, 0.4) is 0 Å². The Balaban J connectivity index is 1.78. The van der Waals surface area contributed by atoms with E-state index in [2.05, 4.69) is 5.10 Å². The van der Waals surface area contributed by atoms with Crippen molar-refractivity contribution < 1.29 is 26.3 Å². The molecule has 0 radical (unpaired) electrons. The summed E-state index contributed by atoms with van der Waals surface area (Å²) in [5.74, 6) is -0.411. The Hall–Kier alpha value is -2.81. The van der Waals surface area contributed by atoms with Crippen molar-refractivity contribution in [1.29, 1.82) is 0 Å². The van der Waals surface area contributed by atoms with Crippen molar-refractivity contribution in [3.05, 3.63) is 76.4 Å². The predicted octanol–water partition coefficient (Wildman–Crippen LogP) is 5.71. The van der Waals surface area contributed by atoms with Gasteiger partial charge >= 0.3 is 12.4 Å². The van der Waals surface area contributed by atoms with E-state index in [4.69, 9.17) is 0 Å². The van der Waals surface area contributed by atoms with E-state index in [0.29, 0.717) is 24.4 Å². The first-order valence-corrected chi connectivity index (χ1v) is 10.00. The molecule has 1 fully saturated rings. The molecule has 4 rings (SSSR count). The fraction of sp³-hybridized carbons (Fsp3) is 0.348. The van der Waals surface area contributed by atoms with Crippen LogP contribution in [-0.4, -0.2) is 42.8 Å². The molecule has 1 saturated heterocycles. The highest BCUT2D eigenvalue weighted by Gasteiger charge is 2.45. The van der Waals surface area contributed by atoms with Gasteiger partial charge in [-0.2, -0.15) is 31.4 Å². The number of benzene rings is 2. The number of nitrogens with zero attached hydrogens (tertiary/aromatic N) is 3. The molecule has 0 aliphatic carbocycles. The molecular formula is C23H21F6N3. The van der Waals surface area contributed by atoms with Gasteiger partial charge in [-0.25, -0.2) is 0 Å². The van der Waals surface area contributed by atoms with Gasteiger partial charge in [0, 0.05) is 26.1 Å². The van der Waals surface area contributed by atoms with Crippen LogP contribution in [0.1, 0.15) is 28.3 Å². The summed E-state index contributed by atoms with van der Waals surface area (Å²) in [5.41, 5.74) is -0.272. The molecule has 0 aromatic heterocycles. The predicted molar refractivity (Wildman–Crippen MR) is 110 cm³/mol. The summed E-state index contributed by atoms with van der Waals surface area (Å²) in [6, 6.07) is 9.96. The zero-order chi connectivity index (χ0) is 23.3. The first-order chi connectivity index (χ1) is 15.0. The zero-order valence-electron chi connectivity index (χ0n) is 17.4. The summed E-state index contributed by atoms with van der Waals surface area (Å²) in [5, 5.41) is 6.00. The number of rotatable bonds is 2. The first kappa shape index (κ1) is 22.4. The molecular weight excluding hydrogens is 432 g/mol. The molecule has 2 heterocycles. The van der Waals surface area contributed by atoms with Crippen LogP contribution in [0, 0.1) is 5.92 Å². The van der Waals surface area contributed by atoms with Crippen molar-refractivity contribution in [3.8, 4) is 0 Å². The van der Waals surface area contributed by atoms with Crippen LogP contribution in [0.25, 0.3) is 6.08 Å². The van der Waals surface area contributed by atoms with Crippen LogP contribution in [0.5, 0.6) is 0 Å². The third-order valence-corrected chi connectivity index (χ3v) is 5.86. The molecule has 3 nitrogen and oxygen atoms in total. The maximum Gasteiger partial charge on any atom is 0.416 e. The van der Waals surface area contributed by atoms with E-state index in [1.165, 1.54) is 41.4 Å². The number of hydrazone groups is 1. The van der Waals surface area contributed by atoms with E-state index < -0.39 is 35.4 Å². The zero-order valence-corrected chi connectivity index (χ0v) is 17.4. The Morgan fingerprint density at radius 1 is 0.875 bits per heavy atom. The van der Waals surface area contributed by atoms with Crippen LogP contribution >= 0.6 is 0 Å². The van der Waals surface area contributed by atoms with Crippen LogP contribution < -0.4 is 0 Å². The van der Waals surface area contributed by atoms with Gasteiger partial charge in [0.15, 0.2) is 0 Å². The molecule has 2 aromatic rings. The van der Waals surface area contributed by atoms with Crippen molar-refractivity contribution in [1.82, 2.24) is 9.91 Å².